The lowest BCUT2D eigenvalue weighted by molar-refractivity contribution is -0.142. The number of carboxylic acids is 1. The minimum atomic E-state index is -0.684. The Balaban J connectivity index is 2.24. The van der Waals surface area contributed by atoms with Gasteiger partial charge in [-0.3, -0.25) is 4.79 Å². The fourth-order valence-corrected chi connectivity index (χ4v) is 2.07. The molecule has 1 aliphatic rings. The highest BCUT2D eigenvalue weighted by Crippen LogP contribution is 2.28. The SMILES string of the molecule is COc1ccc2c(c1)CC[C@H](C(=O)O)C2. The van der Waals surface area contributed by atoms with Crippen molar-refractivity contribution in [3.05, 3.63) is 29.3 Å². The first-order valence-electron chi connectivity index (χ1n) is 5.09. The molecule has 80 valence electrons. The minimum absolute atomic E-state index is 0.217. The van der Waals surface area contributed by atoms with Crippen molar-refractivity contribution in [1.82, 2.24) is 0 Å². The number of hydrogen-bond donors (Lipinski definition) is 1. The van der Waals surface area contributed by atoms with E-state index in [1.807, 2.05) is 18.2 Å². The van der Waals surface area contributed by atoms with Crippen LogP contribution in [-0.2, 0) is 17.6 Å². The third kappa shape index (κ3) is 1.96. The van der Waals surface area contributed by atoms with Crippen molar-refractivity contribution in [2.24, 2.45) is 5.92 Å². The van der Waals surface area contributed by atoms with Gasteiger partial charge in [0.1, 0.15) is 5.75 Å². The lowest BCUT2D eigenvalue weighted by Gasteiger charge is -2.21. The summed E-state index contributed by atoms with van der Waals surface area (Å²) in [5.74, 6) is -0.0510. The van der Waals surface area contributed by atoms with Gasteiger partial charge in [-0.05, 0) is 42.5 Å². The van der Waals surface area contributed by atoms with Crippen LogP contribution in [0, 0.1) is 5.92 Å². The molecule has 0 fully saturated rings. The van der Waals surface area contributed by atoms with Crippen LogP contribution in [-0.4, -0.2) is 18.2 Å². The van der Waals surface area contributed by atoms with Gasteiger partial charge in [0.15, 0.2) is 0 Å². The van der Waals surface area contributed by atoms with Gasteiger partial charge in [-0.2, -0.15) is 0 Å². The number of ether oxygens (including phenoxy) is 1. The fourth-order valence-electron chi connectivity index (χ4n) is 2.07. The molecule has 0 saturated carbocycles. The lowest BCUT2D eigenvalue weighted by Crippen LogP contribution is -2.22. The first-order chi connectivity index (χ1) is 7.20. The highest BCUT2D eigenvalue weighted by Gasteiger charge is 2.24. The molecular formula is C12H14O3. The van der Waals surface area contributed by atoms with Crippen LogP contribution in [0.3, 0.4) is 0 Å². The molecule has 0 aliphatic heterocycles. The Morgan fingerprint density at radius 2 is 2.27 bits per heavy atom. The number of benzene rings is 1. The lowest BCUT2D eigenvalue weighted by atomic mass is 9.84. The standard InChI is InChI=1S/C12H14O3/c1-15-11-5-4-8-6-10(12(13)14)3-2-9(8)7-11/h4-5,7,10H,2-3,6H2,1H3,(H,13,14)/t10-/m0/s1. The highest BCUT2D eigenvalue weighted by atomic mass is 16.5. The number of rotatable bonds is 2. The monoisotopic (exact) mass is 206 g/mol. The van der Waals surface area contributed by atoms with E-state index in [2.05, 4.69) is 0 Å². The van der Waals surface area contributed by atoms with E-state index >= 15 is 0 Å². The van der Waals surface area contributed by atoms with Gasteiger partial charge >= 0.3 is 5.97 Å². The van der Waals surface area contributed by atoms with Crippen molar-refractivity contribution < 1.29 is 14.6 Å². The molecule has 0 saturated heterocycles. The van der Waals surface area contributed by atoms with E-state index in [9.17, 15) is 4.79 Å². The maximum atomic E-state index is 10.9. The largest absolute Gasteiger partial charge is 0.497 e. The van der Waals surface area contributed by atoms with Crippen molar-refractivity contribution in [2.45, 2.75) is 19.3 Å². The molecule has 0 aromatic heterocycles. The second-order valence-electron chi connectivity index (χ2n) is 3.91. The molecule has 3 heteroatoms. The predicted octanol–water partition coefficient (Wildman–Crippen LogP) is 1.88. The van der Waals surface area contributed by atoms with Gasteiger partial charge in [0.05, 0.1) is 13.0 Å². The van der Waals surface area contributed by atoms with E-state index in [0.717, 1.165) is 24.2 Å². The zero-order chi connectivity index (χ0) is 10.8. The Labute approximate surface area is 88.7 Å². The summed E-state index contributed by atoms with van der Waals surface area (Å²) in [6, 6.07) is 5.87. The minimum Gasteiger partial charge on any atom is -0.497 e. The third-order valence-electron chi connectivity index (χ3n) is 2.99. The second kappa shape index (κ2) is 3.93. The molecule has 0 radical (unpaired) electrons. The van der Waals surface area contributed by atoms with Crippen LogP contribution in [0.4, 0.5) is 0 Å². The van der Waals surface area contributed by atoms with Crippen LogP contribution >= 0.6 is 0 Å². The molecule has 0 amide bonds. The Kier molecular flexibility index (Phi) is 2.62. The van der Waals surface area contributed by atoms with Crippen molar-refractivity contribution in [3.63, 3.8) is 0 Å². The number of carboxylic acid groups (broad SMARTS) is 1. The molecule has 0 bridgehead atoms. The van der Waals surface area contributed by atoms with Gasteiger partial charge in [-0.1, -0.05) is 6.07 Å². The quantitative estimate of drug-likeness (QED) is 0.803. The summed E-state index contributed by atoms with van der Waals surface area (Å²) in [6.45, 7) is 0. The second-order valence-corrected chi connectivity index (χ2v) is 3.91. The van der Waals surface area contributed by atoms with Gasteiger partial charge in [-0.15, -0.1) is 0 Å². The summed E-state index contributed by atoms with van der Waals surface area (Å²) in [4.78, 5) is 10.9. The van der Waals surface area contributed by atoms with E-state index in [1.165, 1.54) is 5.56 Å². The van der Waals surface area contributed by atoms with Crippen molar-refractivity contribution in [2.75, 3.05) is 7.11 Å². The van der Waals surface area contributed by atoms with E-state index in [1.54, 1.807) is 7.11 Å². The highest BCUT2D eigenvalue weighted by molar-refractivity contribution is 5.71. The van der Waals surface area contributed by atoms with Gasteiger partial charge < -0.3 is 9.84 Å². The topological polar surface area (TPSA) is 46.5 Å². The first-order valence-corrected chi connectivity index (χ1v) is 5.09. The number of methoxy groups -OCH3 is 1. The number of fused-ring (bicyclic) bond motifs is 1. The number of aliphatic carboxylic acids is 1. The van der Waals surface area contributed by atoms with Gasteiger partial charge in [0, 0.05) is 0 Å². The van der Waals surface area contributed by atoms with Gasteiger partial charge in [0.2, 0.25) is 0 Å². The average Bonchev–Trinajstić information content (AvgIpc) is 2.27. The zero-order valence-electron chi connectivity index (χ0n) is 8.69. The molecule has 3 nitrogen and oxygen atoms in total. The average molecular weight is 206 g/mol. The molecule has 1 aromatic carbocycles. The van der Waals surface area contributed by atoms with Crippen LogP contribution in [0.15, 0.2) is 18.2 Å². The Morgan fingerprint density at radius 1 is 1.47 bits per heavy atom. The summed E-state index contributed by atoms with van der Waals surface area (Å²) < 4.78 is 5.14. The van der Waals surface area contributed by atoms with E-state index < -0.39 is 5.97 Å². The Hall–Kier alpha value is -1.51. The number of hydrogen-bond acceptors (Lipinski definition) is 2. The summed E-state index contributed by atoms with van der Waals surface area (Å²) >= 11 is 0. The van der Waals surface area contributed by atoms with Gasteiger partial charge in [-0.25, -0.2) is 0 Å². The molecular weight excluding hydrogens is 192 g/mol. The zero-order valence-corrected chi connectivity index (χ0v) is 8.69. The smallest absolute Gasteiger partial charge is 0.306 e. The summed E-state index contributed by atoms with van der Waals surface area (Å²) in [5.41, 5.74) is 2.38. The molecule has 1 N–H and O–H groups in total. The summed E-state index contributed by atoms with van der Waals surface area (Å²) in [6.07, 6.45) is 2.22. The van der Waals surface area contributed by atoms with E-state index in [0.29, 0.717) is 6.42 Å². The Morgan fingerprint density at radius 3 is 2.93 bits per heavy atom. The molecule has 0 heterocycles. The predicted molar refractivity (Wildman–Crippen MR) is 56.1 cm³/mol. The first kappa shape index (κ1) is 10.0. The van der Waals surface area contributed by atoms with E-state index in [-0.39, 0.29) is 5.92 Å². The van der Waals surface area contributed by atoms with Crippen LogP contribution in [0.1, 0.15) is 17.5 Å². The molecule has 1 atom stereocenters. The molecule has 0 unspecified atom stereocenters. The van der Waals surface area contributed by atoms with Crippen LogP contribution in [0.2, 0.25) is 0 Å². The Bertz CT molecular complexity index is 384. The van der Waals surface area contributed by atoms with Crippen LogP contribution in [0.25, 0.3) is 0 Å². The van der Waals surface area contributed by atoms with Crippen molar-refractivity contribution in [1.29, 1.82) is 0 Å². The number of aryl methyl sites for hydroxylation is 1. The normalized spacial score (nSPS) is 19.4. The molecule has 15 heavy (non-hydrogen) atoms. The summed E-state index contributed by atoms with van der Waals surface area (Å²) in [5, 5.41) is 8.94. The van der Waals surface area contributed by atoms with Crippen LogP contribution in [0.5, 0.6) is 5.75 Å². The molecule has 0 spiro atoms. The van der Waals surface area contributed by atoms with E-state index in [4.69, 9.17) is 9.84 Å². The molecule has 1 aliphatic carbocycles. The maximum Gasteiger partial charge on any atom is 0.306 e. The van der Waals surface area contributed by atoms with Crippen LogP contribution < -0.4 is 4.74 Å². The maximum absolute atomic E-state index is 10.9. The molecule has 2 rings (SSSR count). The summed E-state index contributed by atoms with van der Waals surface area (Å²) in [7, 11) is 1.64. The van der Waals surface area contributed by atoms with Crippen molar-refractivity contribution in [3.8, 4) is 5.75 Å². The molecule has 1 aromatic rings. The van der Waals surface area contributed by atoms with Crippen molar-refractivity contribution >= 4 is 5.97 Å². The number of carbonyl (C=O) groups is 1. The fraction of sp³-hybridized carbons (Fsp3) is 0.417. The third-order valence-corrected chi connectivity index (χ3v) is 2.99. The van der Waals surface area contributed by atoms with Gasteiger partial charge in [0.25, 0.3) is 0 Å².